The number of halogens is 1. The van der Waals surface area contributed by atoms with Gasteiger partial charge >= 0.3 is 6.03 Å². The molecule has 6 nitrogen and oxygen atoms in total. The molecule has 0 radical (unpaired) electrons. The summed E-state index contributed by atoms with van der Waals surface area (Å²) in [5.74, 6) is 0.965. The highest BCUT2D eigenvalue weighted by Gasteiger charge is 2.58. The molecule has 1 N–H and O–H groups in total. The number of ether oxygens (including phenoxy) is 1. The quantitative estimate of drug-likeness (QED) is 0.753. The lowest BCUT2D eigenvalue weighted by molar-refractivity contribution is -0.137. The van der Waals surface area contributed by atoms with Crippen LogP contribution in [0, 0.1) is 11.8 Å². The maximum Gasteiger partial charge on any atom is 0.326 e. The number of nitrogens with one attached hydrogen (secondary N) is 1. The summed E-state index contributed by atoms with van der Waals surface area (Å²) < 4.78 is 5.69. The number of carbonyl (C=O) groups excluding carboxylic acids is 2. The third kappa shape index (κ3) is 3.92. The van der Waals surface area contributed by atoms with Crippen molar-refractivity contribution in [2.75, 3.05) is 26.9 Å². The summed E-state index contributed by atoms with van der Waals surface area (Å²) in [6, 6.07) is 6.90. The van der Waals surface area contributed by atoms with E-state index in [4.69, 9.17) is 16.3 Å². The van der Waals surface area contributed by atoms with Gasteiger partial charge in [-0.25, -0.2) is 9.69 Å². The molecule has 1 saturated heterocycles. The zero-order chi connectivity index (χ0) is 19.6. The molecular formula is C20H28ClN3O3. The summed E-state index contributed by atoms with van der Waals surface area (Å²) in [6.07, 6.45) is 3.04. The monoisotopic (exact) mass is 393 g/mol. The van der Waals surface area contributed by atoms with Gasteiger partial charge in [0.1, 0.15) is 17.9 Å². The highest BCUT2D eigenvalue weighted by molar-refractivity contribution is 6.30. The average molecular weight is 394 g/mol. The fourth-order valence-corrected chi connectivity index (χ4v) is 4.37. The standard InChI is InChI=1S/C20H28ClN3O3/c1-14-5-4-6-15(2)20(14)18(25)24(19(26)22-20)13-23(3)11-12-27-17-9-7-16(21)8-10-17/h7-10,14-15H,4-6,11-13H2,1-3H3,(H,22,26)/t14-,15-/m1/s1. The first-order valence-corrected chi connectivity index (χ1v) is 9.93. The molecule has 2 fully saturated rings. The van der Waals surface area contributed by atoms with Crippen molar-refractivity contribution >= 4 is 23.5 Å². The lowest BCUT2D eigenvalue weighted by Crippen LogP contribution is -2.59. The highest BCUT2D eigenvalue weighted by Crippen LogP contribution is 2.42. The molecule has 1 aliphatic carbocycles. The first-order valence-electron chi connectivity index (χ1n) is 9.55. The van der Waals surface area contributed by atoms with Crippen molar-refractivity contribution in [3.63, 3.8) is 0 Å². The minimum Gasteiger partial charge on any atom is -0.492 e. The van der Waals surface area contributed by atoms with E-state index in [9.17, 15) is 9.59 Å². The van der Waals surface area contributed by atoms with Crippen molar-refractivity contribution < 1.29 is 14.3 Å². The molecule has 1 heterocycles. The van der Waals surface area contributed by atoms with Crippen LogP contribution in [-0.2, 0) is 4.79 Å². The summed E-state index contributed by atoms with van der Waals surface area (Å²) in [5, 5.41) is 3.69. The Labute approximate surface area is 165 Å². The topological polar surface area (TPSA) is 61.9 Å². The molecule has 1 saturated carbocycles. The Balaban J connectivity index is 1.56. The average Bonchev–Trinajstić information content (AvgIpc) is 2.87. The summed E-state index contributed by atoms with van der Waals surface area (Å²) in [5.41, 5.74) is -0.740. The van der Waals surface area contributed by atoms with Gasteiger partial charge in [0, 0.05) is 11.6 Å². The van der Waals surface area contributed by atoms with Crippen molar-refractivity contribution in [1.29, 1.82) is 0 Å². The first-order chi connectivity index (χ1) is 12.8. The minimum absolute atomic E-state index is 0.0855. The van der Waals surface area contributed by atoms with Crippen molar-refractivity contribution in [3.05, 3.63) is 29.3 Å². The maximum absolute atomic E-state index is 13.1. The number of amides is 3. The van der Waals surface area contributed by atoms with Crippen LogP contribution < -0.4 is 10.1 Å². The lowest BCUT2D eigenvalue weighted by atomic mass is 9.67. The molecule has 2 aliphatic rings. The van der Waals surface area contributed by atoms with E-state index in [2.05, 4.69) is 19.2 Å². The van der Waals surface area contributed by atoms with Gasteiger partial charge in [-0.1, -0.05) is 31.9 Å². The summed E-state index contributed by atoms with van der Waals surface area (Å²) in [4.78, 5) is 29.0. The van der Waals surface area contributed by atoms with E-state index in [0.717, 1.165) is 25.0 Å². The van der Waals surface area contributed by atoms with Crippen LogP contribution in [-0.4, -0.2) is 54.1 Å². The number of hydrogen-bond donors (Lipinski definition) is 1. The molecule has 0 bridgehead atoms. The first kappa shape index (κ1) is 20.0. The second-order valence-corrected chi connectivity index (χ2v) is 8.23. The normalized spacial score (nSPS) is 24.6. The minimum atomic E-state index is -0.740. The van der Waals surface area contributed by atoms with Crippen molar-refractivity contribution in [2.45, 2.75) is 38.6 Å². The van der Waals surface area contributed by atoms with E-state index in [0.29, 0.717) is 18.2 Å². The highest BCUT2D eigenvalue weighted by atomic mass is 35.5. The molecule has 0 aromatic heterocycles. The molecule has 1 aromatic rings. The van der Waals surface area contributed by atoms with E-state index in [1.54, 1.807) is 12.1 Å². The Morgan fingerprint density at radius 3 is 2.48 bits per heavy atom. The Bertz CT molecular complexity index is 684. The summed E-state index contributed by atoms with van der Waals surface area (Å²) >= 11 is 5.86. The van der Waals surface area contributed by atoms with Crippen LogP contribution in [0.25, 0.3) is 0 Å². The Morgan fingerprint density at radius 1 is 1.22 bits per heavy atom. The SMILES string of the molecule is C[C@@H]1CCC[C@@H](C)C12NC(=O)N(CN(C)CCOc1ccc(Cl)cc1)C2=O. The predicted octanol–water partition coefficient (Wildman–Crippen LogP) is 3.35. The molecule has 1 aromatic carbocycles. The molecule has 3 amide bonds. The predicted molar refractivity (Wildman–Crippen MR) is 105 cm³/mol. The van der Waals surface area contributed by atoms with Gasteiger partial charge in [0.05, 0.1) is 6.67 Å². The van der Waals surface area contributed by atoms with Crippen molar-refractivity contribution in [3.8, 4) is 5.75 Å². The van der Waals surface area contributed by atoms with Gasteiger partial charge < -0.3 is 10.1 Å². The third-order valence-corrected chi connectivity index (χ3v) is 6.18. The van der Waals surface area contributed by atoms with Crippen molar-refractivity contribution in [2.24, 2.45) is 11.8 Å². The van der Waals surface area contributed by atoms with E-state index in [-0.39, 0.29) is 30.4 Å². The molecule has 2 atom stereocenters. The molecular weight excluding hydrogens is 366 g/mol. The number of carbonyl (C=O) groups is 2. The molecule has 148 valence electrons. The number of hydrogen-bond acceptors (Lipinski definition) is 4. The van der Waals surface area contributed by atoms with Gasteiger partial charge in [-0.3, -0.25) is 9.69 Å². The number of urea groups is 1. The fourth-order valence-electron chi connectivity index (χ4n) is 4.24. The molecule has 1 spiro atoms. The zero-order valence-electron chi connectivity index (χ0n) is 16.2. The third-order valence-electron chi connectivity index (χ3n) is 5.93. The van der Waals surface area contributed by atoms with Gasteiger partial charge in [0.15, 0.2) is 0 Å². The van der Waals surface area contributed by atoms with Crippen LogP contribution in [0.2, 0.25) is 5.02 Å². The van der Waals surface area contributed by atoms with Crippen LogP contribution >= 0.6 is 11.6 Å². The number of likely N-dealkylation sites (N-methyl/N-ethyl adjacent to an activating group) is 1. The van der Waals surface area contributed by atoms with Crippen LogP contribution in [0.1, 0.15) is 33.1 Å². The van der Waals surface area contributed by atoms with Gasteiger partial charge in [-0.15, -0.1) is 0 Å². The number of benzene rings is 1. The zero-order valence-corrected chi connectivity index (χ0v) is 17.0. The van der Waals surface area contributed by atoms with Crippen molar-refractivity contribution in [1.82, 2.24) is 15.1 Å². The second kappa shape index (κ2) is 8.07. The van der Waals surface area contributed by atoms with Gasteiger partial charge in [0.2, 0.25) is 0 Å². The van der Waals surface area contributed by atoms with E-state index < -0.39 is 5.54 Å². The maximum atomic E-state index is 13.1. The van der Waals surface area contributed by atoms with E-state index in [1.807, 2.05) is 24.1 Å². The lowest BCUT2D eigenvalue weighted by Gasteiger charge is -2.42. The van der Waals surface area contributed by atoms with Gasteiger partial charge in [-0.2, -0.15) is 0 Å². The number of imide groups is 1. The van der Waals surface area contributed by atoms with Crippen LogP contribution in [0.3, 0.4) is 0 Å². The number of nitrogens with zero attached hydrogens (tertiary/aromatic N) is 2. The number of rotatable bonds is 6. The molecule has 3 rings (SSSR count). The fraction of sp³-hybridized carbons (Fsp3) is 0.600. The van der Waals surface area contributed by atoms with Crippen LogP contribution in [0.15, 0.2) is 24.3 Å². The smallest absolute Gasteiger partial charge is 0.326 e. The Morgan fingerprint density at radius 2 is 1.85 bits per heavy atom. The molecule has 7 heteroatoms. The van der Waals surface area contributed by atoms with E-state index >= 15 is 0 Å². The molecule has 0 unspecified atom stereocenters. The summed E-state index contributed by atoms with van der Waals surface area (Å²) in [6.45, 7) is 5.45. The molecule has 27 heavy (non-hydrogen) atoms. The Hall–Kier alpha value is -1.79. The molecule has 1 aliphatic heterocycles. The Kier molecular flexibility index (Phi) is 5.96. The van der Waals surface area contributed by atoms with Gasteiger partial charge in [-0.05, 0) is 56.0 Å². The van der Waals surface area contributed by atoms with E-state index in [1.165, 1.54) is 4.90 Å². The van der Waals surface area contributed by atoms with Crippen LogP contribution in [0.5, 0.6) is 5.75 Å². The summed E-state index contributed by atoms with van der Waals surface area (Å²) in [7, 11) is 1.88. The van der Waals surface area contributed by atoms with Gasteiger partial charge in [0.25, 0.3) is 5.91 Å². The second-order valence-electron chi connectivity index (χ2n) is 7.79. The van der Waals surface area contributed by atoms with Crippen LogP contribution in [0.4, 0.5) is 4.79 Å². The largest absolute Gasteiger partial charge is 0.492 e.